The lowest BCUT2D eigenvalue weighted by Gasteiger charge is -2.29. The van der Waals surface area contributed by atoms with Gasteiger partial charge in [-0.3, -0.25) is 9.59 Å². The van der Waals surface area contributed by atoms with E-state index in [4.69, 9.17) is 21.1 Å². The molecule has 1 fully saturated rings. The fraction of sp³-hybridized carbons (Fsp3) is 0.310. The number of hydrogen-bond donors (Lipinski definition) is 2. The Hall–Kier alpha value is -3.46. The summed E-state index contributed by atoms with van der Waals surface area (Å²) in [5, 5.41) is 14.6. The zero-order valence-electron chi connectivity index (χ0n) is 20.7. The maximum absolute atomic E-state index is 14.7. The number of nitrogens with zero attached hydrogens (tertiary/aromatic N) is 1. The Labute approximate surface area is 225 Å². The summed E-state index contributed by atoms with van der Waals surface area (Å²) in [5.41, 5.74) is 2.26. The molecule has 0 bridgehead atoms. The highest BCUT2D eigenvalue weighted by Gasteiger charge is 2.31. The van der Waals surface area contributed by atoms with Crippen molar-refractivity contribution in [3.05, 3.63) is 82.6 Å². The minimum atomic E-state index is -1.27. The predicted octanol–water partition coefficient (Wildman–Crippen LogP) is 4.41. The Morgan fingerprint density at radius 1 is 0.974 bits per heavy atom. The number of ether oxygens (including phenoxy) is 2. The van der Waals surface area contributed by atoms with Crippen molar-refractivity contribution in [1.82, 2.24) is 10.2 Å². The molecule has 1 saturated heterocycles. The average molecular weight is 539 g/mol. The first-order chi connectivity index (χ1) is 18.4. The van der Waals surface area contributed by atoms with Crippen LogP contribution in [0.3, 0.4) is 0 Å². The van der Waals surface area contributed by atoms with Crippen LogP contribution in [0.5, 0.6) is 11.5 Å². The van der Waals surface area contributed by atoms with E-state index in [9.17, 15) is 19.1 Å². The lowest BCUT2D eigenvalue weighted by Crippen LogP contribution is -2.48. The highest BCUT2D eigenvalue weighted by Crippen LogP contribution is 2.36. The molecule has 0 aliphatic carbocycles. The zero-order chi connectivity index (χ0) is 26.6. The molecule has 5 rings (SSSR count). The van der Waals surface area contributed by atoms with Crippen LogP contribution in [0.15, 0.2) is 60.7 Å². The number of amides is 1. The molecule has 198 valence electrons. The van der Waals surface area contributed by atoms with Crippen molar-refractivity contribution in [1.29, 1.82) is 0 Å². The summed E-state index contributed by atoms with van der Waals surface area (Å²) < 4.78 is 25.5. The molecule has 7 nitrogen and oxygen atoms in total. The number of likely N-dealkylation sites (tertiary alicyclic amines) is 1. The lowest BCUT2D eigenvalue weighted by molar-refractivity contribution is -0.118. The highest BCUT2D eigenvalue weighted by molar-refractivity contribution is 6.42. The van der Waals surface area contributed by atoms with E-state index in [1.54, 1.807) is 36.4 Å². The van der Waals surface area contributed by atoms with Crippen molar-refractivity contribution in [2.24, 2.45) is 0 Å². The molecule has 2 aliphatic heterocycles. The number of fused-ring (bicyclic) bond motifs is 1. The Bertz CT molecular complexity index is 1310. The van der Waals surface area contributed by atoms with Crippen LogP contribution < -0.4 is 14.8 Å². The largest absolute Gasteiger partial charge is 0.486 e. The molecule has 2 aliphatic rings. The molecule has 9 heteroatoms. The predicted molar refractivity (Wildman–Crippen MR) is 141 cm³/mol. The number of benzene rings is 3. The number of halogens is 2. The highest BCUT2D eigenvalue weighted by atomic mass is 35.5. The monoisotopic (exact) mass is 538 g/mol. The van der Waals surface area contributed by atoms with Gasteiger partial charge in [0.15, 0.2) is 17.3 Å². The first-order valence-electron chi connectivity index (χ1n) is 12.6. The van der Waals surface area contributed by atoms with Gasteiger partial charge in [0.25, 0.3) is 5.91 Å². The van der Waals surface area contributed by atoms with Gasteiger partial charge in [-0.1, -0.05) is 48.0 Å². The molecule has 3 aromatic carbocycles. The number of carbonyl (C=O) groups excluding carboxylic acids is 2. The van der Waals surface area contributed by atoms with Crippen LogP contribution in [0.1, 0.15) is 34.9 Å². The molecule has 2 atom stereocenters. The second kappa shape index (κ2) is 11.5. The minimum Gasteiger partial charge on any atom is -0.486 e. The van der Waals surface area contributed by atoms with Crippen LogP contribution in [-0.2, 0) is 4.79 Å². The van der Waals surface area contributed by atoms with Crippen molar-refractivity contribution in [3.8, 4) is 22.6 Å². The van der Waals surface area contributed by atoms with E-state index in [0.29, 0.717) is 11.6 Å². The first-order valence-corrected chi connectivity index (χ1v) is 13.0. The van der Waals surface area contributed by atoms with E-state index >= 15 is 0 Å². The van der Waals surface area contributed by atoms with Gasteiger partial charge in [0, 0.05) is 17.1 Å². The molecule has 38 heavy (non-hydrogen) atoms. The summed E-state index contributed by atoms with van der Waals surface area (Å²) in [5.74, 6) is -2.01. The maximum atomic E-state index is 14.7. The van der Waals surface area contributed by atoms with Crippen molar-refractivity contribution in [3.63, 3.8) is 0 Å². The van der Waals surface area contributed by atoms with Gasteiger partial charge in [-0.25, -0.2) is 4.39 Å². The van der Waals surface area contributed by atoms with Gasteiger partial charge >= 0.3 is 0 Å². The van der Waals surface area contributed by atoms with Gasteiger partial charge in [-0.2, -0.15) is 0 Å². The van der Waals surface area contributed by atoms with Crippen LogP contribution >= 0.6 is 11.6 Å². The van der Waals surface area contributed by atoms with Crippen molar-refractivity contribution >= 4 is 23.3 Å². The fourth-order valence-corrected chi connectivity index (χ4v) is 4.95. The van der Waals surface area contributed by atoms with Crippen LogP contribution in [0.25, 0.3) is 11.1 Å². The molecule has 0 saturated carbocycles. The van der Waals surface area contributed by atoms with E-state index in [1.165, 1.54) is 12.1 Å². The summed E-state index contributed by atoms with van der Waals surface area (Å²) in [4.78, 5) is 28.1. The quantitative estimate of drug-likeness (QED) is 0.326. The van der Waals surface area contributed by atoms with Crippen molar-refractivity contribution in [2.75, 3.05) is 32.8 Å². The Morgan fingerprint density at radius 3 is 2.29 bits per heavy atom. The third kappa shape index (κ3) is 5.83. The number of carbonyl (C=O) groups is 2. The lowest BCUT2D eigenvalue weighted by atomic mass is 9.99. The topological polar surface area (TPSA) is 88.1 Å². The second-order valence-corrected chi connectivity index (χ2v) is 9.91. The van der Waals surface area contributed by atoms with Crippen LogP contribution in [-0.4, -0.2) is 60.6 Å². The molecule has 2 unspecified atom stereocenters. The Balaban J connectivity index is 1.33. The van der Waals surface area contributed by atoms with E-state index in [2.05, 4.69) is 10.2 Å². The van der Waals surface area contributed by atoms with Crippen LogP contribution in [0.4, 0.5) is 4.39 Å². The van der Waals surface area contributed by atoms with Gasteiger partial charge in [0.05, 0.1) is 6.04 Å². The van der Waals surface area contributed by atoms with Gasteiger partial charge in [0.2, 0.25) is 5.78 Å². The minimum absolute atomic E-state index is 0.00422. The Kier molecular flexibility index (Phi) is 7.93. The molecule has 0 spiro atoms. The van der Waals surface area contributed by atoms with Gasteiger partial charge in [0.1, 0.15) is 19.3 Å². The maximum Gasteiger partial charge on any atom is 0.292 e. The number of hydrogen-bond acceptors (Lipinski definition) is 6. The van der Waals surface area contributed by atoms with Crippen molar-refractivity contribution in [2.45, 2.75) is 25.0 Å². The van der Waals surface area contributed by atoms with E-state index in [0.717, 1.165) is 37.1 Å². The third-order valence-corrected chi connectivity index (χ3v) is 7.09. The van der Waals surface area contributed by atoms with Crippen LogP contribution in [0.2, 0.25) is 5.02 Å². The van der Waals surface area contributed by atoms with Gasteiger partial charge in [-0.15, -0.1) is 0 Å². The van der Waals surface area contributed by atoms with Crippen LogP contribution in [0, 0.1) is 5.82 Å². The molecule has 1 amide bonds. The van der Waals surface area contributed by atoms with Crippen molar-refractivity contribution < 1.29 is 28.6 Å². The van der Waals surface area contributed by atoms with E-state index in [1.807, 2.05) is 12.1 Å². The standard InChI is InChI=1S/C29H28ClFN2O5/c30-22-9-7-19(8-10-22)18-3-5-20(6-4-18)27(35)29(36)32-24(17-33-11-1-2-12-33)26(34)21-15-23(31)28-25(16-21)37-13-14-38-28/h3-10,15-16,24,26,34H,1-2,11-14,17H2,(H,32,36). The number of ketones is 1. The second-order valence-electron chi connectivity index (χ2n) is 9.47. The number of nitrogens with one attached hydrogen (secondary N) is 1. The molecule has 2 heterocycles. The average Bonchev–Trinajstić information content (AvgIpc) is 3.45. The van der Waals surface area contributed by atoms with Gasteiger partial charge in [-0.05, 0) is 66.9 Å². The summed E-state index contributed by atoms with van der Waals surface area (Å²) in [6, 6.07) is 15.9. The summed E-state index contributed by atoms with van der Waals surface area (Å²) in [6.07, 6.45) is 0.743. The van der Waals surface area contributed by atoms with E-state index < -0.39 is 29.7 Å². The fourth-order valence-electron chi connectivity index (χ4n) is 4.82. The van der Waals surface area contributed by atoms with E-state index in [-0.39, 0.29) is 35.8 Å². The molecular weight excluding hydrogens is 511 g/mol. The molecule has 2 N–H and O–H groups in total. The third-order valence-electron chi connectivity index (χ3n) is 6.84. The molecule has 3 aromatic rings. The Morgan fingerprint density at radius 2 is 1.61 bits per heavy atom. The summed E-state index contributed by atoms with van der Waals surface area (Å²) in [7, 11) is 0. The number of aliphatic hydroxyl groups is 1. The number of Topliss-reactive ketones (excluding diaryl/α,β-unsaturated/α-hetero) is 1. The normalized spacial score (nSPS) is 16.6. The molecular formula is C29H28ClFN2O5. The smallest absolute Gasteiger partial charge is 0.292 e. The SMILES string of the molecule is O=C(NC(CN1CCCC1)C(O)c1cc(F)c2c(c1)OCCO2)C(=O)c1ccc(-c2ccc(Cl)cc2)cc1. The summed E-state index contributed by atoms with van der Waals surface area (Å²) in [6.45, 7) is 2.45. The number of aliphatic hydroxyl groups excluding tert-OH is 1. The zero-order valence-corrected chi connectivity index (χ0v) is 21.4. The summed E-state index contributed by atoms with van der Waals surface area (Å²) >= 11 is 5.96. The number of rotatable bonds is 8. The molecule has 0 aromatic heterocycles. The molecule has 0 radical (unpaired) electrons. The first kappa shape index (κ1) is 26.2. The van der Waals surface area contributed by atoms with Gasteiger partial charge < -0.3 is 24.8 Å².